The predicted molar refractivity (Wildman–Crippen MR) is 87.9 cm³/mol. The number of likely N-dealkylation sites (N-methyl/N-ethyl adjacent to an activating group) is 1. The predicted octanol–water partition coefficient (Wildman–Crippen LogP) is 0.00450. The zero-order valence-corrected chi connectivity index (χ0v) is 15.8. The number of ether oxygens (including phenoxy) is 5. The van der Waals surface area contributed by atoms with Crippen LogP contribution in [0.25, 0.3) is 0 Å². The Hall–Kier alpha value is -1.71. The van der Waals surface area contributed by atoms with Crippen molar-refractivity contribution < 1.29 is 39.4 Å². The molecule has 0 aliphatic carbocycles. The summed E-state index contributed by atoms with van der Waals surface area (Å²) in [5, 5.41) is 0. The van der Waals surface area contributed by atoms with Crippen molar-refractivity contribution in [2.24, 2.45) is 0 Å². The topological polar surface area (TPSA) is 101 Å². The number of esters is 2. The fourth-order valence-electron chi connectivity index (χ4n) is 2.30. The highest BCUT2D eigenvalue weighted by molar-refractivity contribution is 5.73. The van der Waals surface area contributed by atoms with Gasteiger partial charge in [0.2, 0.25) is 5.91 Å². The van der Waals surface area contributed by atoms with Crippen LogP contribution in [0.4, 0.5) is 0 Å². The molecule has 9 nitrogen and oxygen atoms in total. The number of nitrogens with zero attached hydrogens (tertiary/aromatic N) is 1. The van der Waals surface area contributed by atoms with Gasteiger partial charge in [-0.15, -0.1) is 0 Å². The van der Waals surface area contributed by atoms with Crippen LogP contribution in [0.15, 0.2) is 0 Å². The standard InChI is InChI=1S/C16H29NO8/c1-10(18)17(4)13(8-24-11(2)19)15(22-6)16(23-7)14(9-21-5)25-12(3)20/h13-16H,8-9H2,1-7H3/i8D. The fourth-order valence-corrected chi connectivity index (χ4v) is 2.30. The Morgan fingerprint density at radius 3 is 1.92 bits per heavy atom. The van der Waals surface area contributed by atoms with Crippen molar-refractivity contribution in [3.63, 3.8) is 0 Å². The van der Waals surface area contributed by atoms with E-state index >= 15 is 0 Å². The van der Waals surface area contributed by atoms with E-state index in [0.717, 1.165) is 6.92 Å². The molecule has 0 aliphatic heterocycles. The minimum Gasteiger partial charge on any atom is -0.464 e. The second-order valence-corrected chi connectivity index (χ2v) is 5.37. The normalized spacial score (nSPS) is 17.5. The smallest absolute Gasteiger partial charge is 0.303 e. The molecular formula is C16H29NO8. The lowest BCUT2D eigenvalue weighted by Gasteiger charge is -2.38. The maximum absolute atomic E-state index is 11.9. The largest absolute Gasteiger partial charge is 0.464 e. The summed E-state index contributed by atoms with van der Waals surface area (Å²) in [5.41, 5.74) is 0. The SMILES string of the molecule is [2H]C(OC(C)=O)C(C(OC)C(OC)C(COC)OC(C)=O)N(C)C(C)=O. The van der Waals surface area contributed by atoms with Gasteiger partial charge in [0.25, 0.3) is 0 Å². The van der Waals surface area contributed by atoms with Crippen LogP contribution in [-0.2, 0) is 38.1 Å². The summed E-state index contributed by atoms with van der Waals surface area (Å²) in [4.78, 5) is 35.8. The number of hydrogen-bond acceptors (Lipinski definition) is 8. The molecule has 0 aromatic carbocycles. The van der Waals surface area contributed by atoms with E-state index < -0.39 is 42.9 Å². The number of methoxy groups -OCH3 is 3. The highest BCUT2D eigenvalue weighted by atomic mass is 16.6. The molecule has 0 N–H and O–H groups in total. The Labute approximate surface area is 149 Å². The minimum absolute atomic E-state index is 0.00465. The van der Waals surface area contributed by atoms with E-state index in [2.05, 4.69) is 0 Å². The van der Waals surface area contributed by atoms with E-state index in [1.165, 1.54) is 47.1 Å². The molecule has 0 aromatic heterocycles. The van der Waals surface area contributed by atoms with Gasteiger partial charge in [-0.3, -0.25) is 14.4 Å². The summed E-state index contributed by atoms with van der Waals surface area (Å²) in [7, 11) is 5.61. The van der Waals surface area contributed by atoms with Crippen molar-refractivity contribution in [2.75, 3.05) is 41.6 Å². The fraction of sp³-hybridized carbons (Fsp3) is 0.812. The molecule has 0 aliphatic rings. The lowest BCUT2D eigenvalue weighted by Crippen LogP contribution is -2.57. The molecule has 0 radical (unpaired) electrons. The first-order valence-electron chi connectivity index (χ1n) is 8.22. The Morgan fingerprint density at radius 2 is 1.56 bits per heavy atom. The Bertz CT molecular complexity index is 475. The van der Waals surface area contributed by atoms with Gasteiger partial charge in [0.05, 0.1) is 14.0 Å². The molecule has 0 saturated heterocycles. The van der Waals surface area contributed by atoms with E-state index in [1.54, 1.807) is 0 Å². The zero-order chi connectivity index (χ0) is 20.4. The first kappa shape index (κ1) is 21.3. The molecule has 0 spiro atoms. The van der Waals surface area contributed by atoms with Gasteiger partial charge in [-0.05, 0) is 0 Å². The quantitative estimate of drug-likeness (QED) is 0.473. The number of rotatable bonds is 11. The molecule has 9 heteroatoms. The van der Waals surface area contributed by atoms with Gasteiger partial charge in [0, 0.05) is 49.1 Å². The molecule has 0 saturated carbocycles. The maximum atomic E-state index is 11.9. The van der Waals surface area contributed by atoms with Gasteiger partial charge in [0.15, 0.2) is 6.10 Å². The average Bonchev–Trinajstić information content (AvgIpc) is 2.52. The first-order valence-corrected chi connectivity index (χ1v) is 7.65. The van der Waals surface area contributed by atoms with Crippen LogP contribution >= 0.6 is 0 Å². The highest BCUT2D eigenvalue weighted by Gasteiger charge is 2.40. The number of amides is 1. The summed E-state index contributed by atoms with van der Waals surface area (Å²) in [6.45, 7) is 2.27. The second kappa shape index (κ2) is 11.8. The Morgan fingerprint density at radius 1 is 1.00 bits per heavy atom. The lowest BCUT2D eigenvalue weighted by atomic mass is 9.99. The third-order valence-electron chi connectivity index (χ3n) is 3.54. The van der Waals surface area contributed by atoms with Crippen LogP contribution in [-0.4, -0.2) is 88.7 Å². The van der Waals surface area contributed by atoms with Crippen LogP contribution in [0.3, 0.4) is 0 Å². The molecule has 0 fully saturated rings. The van der Waals surface area contributed by atoms with Crippen molar-refractivity contribution in [1.82, 2.24) is 4.90 Å². The van der Waals surface area contributed by atoms with Crippen molar-refractivity contribution in [3.05, 3.63) is 0 Å². The molecule has 5 atom stereocenters. The average molecular weight is 364 g/mol. The molecule has 5 unspecified atom stereocenters. The number of carbonyl (C=O) groups excluding carboxylic acids is 3. The molecule has 25 heavy (non-hydrogen) atoms. The van der Waals surface area contributed by atoms with E-state index in [0.29, 0.717) is 0 Å². The number of hydrogen-bond donors (Lipinski definition) is 0. The molecular weight excluding hydrogens is 334 g/mol. The summed E-state index contributed by atoms with van der Waals surface area (Å²) in [6, 6.07) is -1.01. The lowest BCUT2D eigenvalue weighted by molar-refractivity contribution is -0.178. The second-order valence-electron chi connectivity index (χ2n) is 5.37. The van der Waals surface area contributed by atoms with Gasteiger partial charge in [-0.2, -0.15) is 0 Å². The summed E-state index contributed by atoms with van der Waals surface area (Å²) >= 11 is 0. The third kappa shape index (κ3) is 7.80. The van der Waals surface area contributed by atoms with Crippen molar-refractivity contribution >= 4 is 17.8 Å². The van der Waals surface area contributed by atoms with Gasteiger partial charge in [0.1, 0.15) is 18.8 Å². The Balaban J connectivity index is 5.87. The maximum Gasteiger partial charge on any atom is 0.303 e. The van der Waals surface area contributed by atoms with Crippen LogP contribution in [0.1, 0.15) is 22.1 Å². The van der Waals surface area contributed by atoms with E-state index in [-0.39, 0.29) is 12.5 Å². The zero-order valence-electron chi connectivity index (χ0n) is 16.8. The Kier molecular flexibility index (Phi) is 10.0. The van der Waals surface area contributed by atoms with E-state index in [4.69, 9.17) is 25.1 Å². The molecule has 0 heterocycles. The summed E-state index contributed by atoms with van der Waals surface area (Å²) in [6.07, 6.45) is -2.70. The van der Waals surface area contributed by atoms with Gasteiger partial charge < -0.3 is 28.6 Å². The summed E-state index contributed by atoms with van der Waals surface area (Å²) in [5.74, 6) is -1.60. The van der Waals surface area contributed by atoms with E-state index in [9.17, 15) is 14.4 Å². The van der Waals surface area contributed by atoms with Crippen LogP contribution in [0.2, 0.25) is 0 Å². The monoisotopic (exact) mass is 364 g/mol. The minimum atomic E-state index is -1.44. The van der Waals surface area contributed by atoms with Gasteiger partial charge in [-0.25, -0.2) is 0 Å². The molecule has 0 aromatic rings. The van der Waals surface area contributed by atoms with E-state index in [1.807, 2.05) is 0 Å². The van der Waals surface area contributed by atoms with Crippen LogP contribution < -0.4 is 0 Å². The third-order valence-corrected chi connectivity index (χ3v) is 3.54. The highest BCUT2D eigenvalue weighted by Crippen LogP contribution is 2.19. The molecule has 1 amide bonds. The molecule has 0 rings (SSSR count). The first-order chi connectivity index (χ1) is 12.1. The number of carbonyl (C=O) groups is 3. The van der Waals surface area contributed by atoms with Gasteiger partial charge >= 0.3 is 11.9 Å². The summed E-state index contributed by atoms with van der Waals surface area (Å²) < 4.78 is 34.3. The van der Waals surface area contributed by atoms with Crippen molar-refractivity contribution in [2.45, 2.75) is 45.1 Å². The van der Waals surface area contributed by atoms with Crippen LogP contribution in [0.5, 0.6) is 0 Å². The van der Waals surface area contributed by atoms with Crippen LogP contribution in [0, 0.1) is 0 Å². The molecule has 0 bridgehead atoms. The van der Waals surface area contributed by atoms with Gasteiger partial charge in [-0.1, -0.05) is 0 Å². The van der Waals surface area contributed by atoms with Crippen molar-refractivity contribution in [1.29, 1.82) is 0 Å². The molecule has 146 valence electrons. The van der Waals surface area contributed by atoms with Crippen molar-refractivity contribution in [3.8, 4) is 0 Å².